The Bertz CT molecular complexity index is 1910. The molecule has 0 saturated carbocycles. The monoisotopic (exact) mass is 1000 g/mol. The molecule has 0 radical (unpaired) electrons. The van der Waals surface area contributed by atoms with Gasteiger partial charge in [0.2, 0.25) is 0 Å². The Kier molecular flexibility index (Phi) is 18.0. The zero-order valence-corrected chi connectivity index (χ0v) is 44.0. The minimum atomic E-state index is -0.402. The second-order valence-corrected chi connectivity index (χ2v) is 20.1. The topological polar surface area (TPSA) is 256 Å². The number of hydrogen-bond donors (Lipinski definition) is 12. The van der Waals surface area contributed by atoms with E-state index in [4.69, 9.17) is 0 Å². The lowest BCUT2D eigenvalue weighted by molar-refractivity contribution is 0.228. The lowest BCUT2D eigenvalue weighted by Gasteiger charge is -2.29. The maximum absolute atomic E-state index is 14.0. The number of amides is 12. The highest BCUT2D eigenvalue weighted by atomic mass is 16.2. The van der Waals surface area contributed by atoms with Gasteiger partial charge >= 0.3 is 36.2 Å². The second kappa shape index (κ2) is 24.1. The van der Waals surface area contributed by atoms with E-state index in [0.29, 0.717) is 77.8 Å². The highest BCUT2D eigenvalue weighted by Crippen LogP contribution is 2.33. The Morgan fingerprint density at radius 2 is 0.431 bits per heavy atom. The highest BCUT2D eigenvalue weighted by Gasteiger charge is 2.37. The Hall–Kier alpha value is -6.06. The predicted octanol–water partition coefficient (Wildman–Crippen LogP) is 1.63. The first-order valence-electron chi connectivity index (χ1n) is 26.3. The van der Waals surface area contributed by atoms with Crippen LogP contribution >= 0.6 is 0 Å². The third-order valence-electron chi connectivity index (χ3n) is 15.5. The molecule has 6 bridgehead atoms. The number of likely N-dealkylation sites (N-methyl/N-ethyl adjacent to an activating group) is 3. The summed E-state index contributed by atoms with van der Waals surface area (Å²) in [5.74, 6) is 0. The van der Waals surface area contributed by atoms with Crippen molar-refractivity contribution in [1.29, 1.82) is 0 Å². The molecule has 0 aliphatic carbocycles. The largest absolute Gasteiger partial charge is 0.334 e. The molecular formula is C51H81N15O6. The van der Waals surface area contributed by atoms with Crippen molar-refractivity contribution in [3.63, 3.8) is 0 Å². The second-order valence-electron chi connectivity index (χ2n) is 20.1. The summed E-state index contributed by atoms with van der Waals surface area (Å²) < 4.78 is 0. The summed E-state index contributed by atoms with van der Waals surface area (Å²) in [5.41, 5.74) is 11.5. The first-order valence-corrected chi connectivity index (χ1v) is 26.3. The quantitative estimate of drug-likeness (QED) is 0.201. The van der Waals surface area contributed by atoms with E-state index in [1.165, 1.54) is 0 Å². The highest BCUT2D eigenvalue weighted by molar-refractivity contribution is 5.79. The van der Waals surface area contributed by atoms with E-state index in [9.17, 15) is 28.8 Å². The van der Waals surface area contributed by atoms with Crippen molar-refractivity contribution in [2.75, 3.05) is 60.4 Å². The van der Waals surface area contributed by atoms with Gasteiger partial charge in [-0.05, 0) is 126 Å². The fourth-order valence-corrected chi connectivity index (χ4v) is 12.2. The van der Waals surface area contributed by atoms with Gasteiger partial charge in [0.1, 0.15) is 0 Å². The first-order chi connectivity index (χ1) is 34.6. The normalized spacial score (nSPS) is 25.5. The lowest BCUT2D eigenvalue weighted by Crippen LogP contribution is -2.55. The van der Waals surface area contributed by atoms with Gasteiger partial charge in [0, 0.05) is 78.5 Å². The van der Waals surface area contributed by atoms with Crippen LogP contribution in [0.5, 0.6) is 0 Å². The van der Waals surface area contributed by atoms with Crippen molar-refractivity contribution < 1.29 is 28.8 Å². The van der Waals surface area contributed by atoms with Crippen LogP contribution in [0.3, 0.4) is 0 Å². The molecule has 2 aromatic carbocycles. The van der Waals surface area contributed by atoms with Crippen LogP contribution in [0, 0.1) is 0 Å². The van der Waals surface area contributed by atoms with E-state index >= 15 is 0 Å². The molecule has 2 aromatic rings. The number of carbonyl (C=O) groups is 6. The van der Waals surface area contributed by atoms with Gasteiger partial charge in [0.15, 0.2) is 0 Å². The Labute approximate surface area is 425 Å². The van der Waals surface area contributed by atoms with Gasteiger partial charge in [-0.25, -0.2) is 28.8 Å². The summed E-state index contributed by atoms with van der Waals surface area (Å²) in [6, 6.07) is -4.68. The molecule has 6 aliphatic rings. The van der Waals surface area contributed by atoms with Gasteiger partial charge in [-0.1, -0.05) is 41.5 Å². The van der Waals surface area contributed by atoms with Crippen molar-refractivity contribution in [1.82, 2.24) is 78.5 Å². The number of urea groups is 6. The van der Waals surface area contributed by atoms with Crippen molar-refractivity contribution in [2.24, 2.45) is 0 Å². The number of fused-ring (bicyclic) bond motifs is 18. The molecule has 8 rings (SSSR count). The van der Waals surface area contributed by atoms with Crippen LogP contribution in [0.2, 0.25) is 0 Å². The number of hydrogen-bond acceptors (Lipinski definition) is 9. The van der Waals surface area contributed by atoms with E-state index in [-0.39, 0.29) is 75.5 Å². The maximum Gasteiger partial charge on any atom is 0.315 e. The number of benzene rings is 2. The summed E-state index contributed by atoms with van der Waals surface area (Å²) in [6.07, 6.45) is 3.64. The fourth-order valence-electron chi connectivity index (χ4n) is 12.2. The number of likely N-dealkylation sites (tertiary alicyclic amines) is 3. The van der Waals surface area contributed by atoms with Gasteiger partial charge in [-0.15, -0.1) is 0 Å². The van der Waals surface area contributed by atoms with Crippen molar-refractivity contribution >= 4 is 36.2 Å². The molecule has 6 aliphatic heterocycles. The van der Waals surface area contributed by atoms with Crippen molar-refractivity contribution in [2.45, 2.75) is 156 Å². The summed E-state index contributed by atoms with van der Waals surface area (Å²) in [5, 5.41) is 37.8. The molecule has 6 heterocycles. The van der Waals surface area contributed by atoms with Gasteiger partial charge in [0.05, 0.1) is 36.3 Å². The fraction of sp³-hybridized carbons (Fsp3) is 0.647. The lowest BCUT2D eigenvalue weighted by atomic mass is 9.83. The van der Waals surface area contributed by atoms with Gasteiger partial charge in [0.25, 0.3) is 0 Å². The Balaban J connectivity index is 1.37. The SMILES string of the molecule is CCc1c2c(CC)c3c(CC)c1CNC(=O)NC1CN(C)CC1NC(=O)NCc1c(CC)c(c(CC)c(c1CC)CNC(=O)N[C@@H]1CN(C)CC1NC(=O)NC3)CNC(=O)NC1CN(C)CC1NC(=O)NC2. The summed E-state index contributed by atoms with van der Waals surface area (Å²) >= 11 is 0. The Morgan fingerprint density at radius 3 is 0.556 bits per heavy atom. The zero-order valence-electron chi connectivity index (χ0n) is 44.0. The van der Waals surface area contributed by atoms with Crippen molar-refractivity contribution in [3.8, 4) is 0 Å². The van der Waals surface area contributed by atoms with Crippen LogP contribution in [0.25, 0.3) is 0 Å². The van der Waals surface area contributed by atoms with Crippen LogP contribution < -0.4 is 63.8 Å². The van der Waals surface area contributed by atoms with Gasteiger partial charge in [-0.2, -0.15) is 0 Å². The minimum absolute atomic E-state index is 0.176. The molecule has 21 heteroatoms. The molecule has 21 nitrogen and oxygen atoms in total. The van der Waals surface area contributed by atoms with Crippen LogP contribution in [0.15, 0.2) is 0 Å². The molecular weight excluding hydrogens is 919 g/mol. The van der Waals surface area contributed by atoms with E-state index < -0.39 is 36.3 Å². The standard InChI is InChI=1S/C51H81N15O6/c1-10-28-34-16-52-46(67)58-40-22-64(7)24-42(40)61-49(70)55-19-37-31(13-4)38-20-56-50(71)62-43-25-65(8)23-41(43)59-47(68)53-17-35(28)30(12-3)36(29(34)11-2)18-54-48(69)60-44-26-66(9)27-45(44)63-51(72)57-21-39(32(37)14-5)33(38)15-6/h40-45H,10-27H2,1-9H3,(H2,52,58,67)(H2,53,59,68)(H2,54,60,69)(H2,55,61,70)(H2,56,62,71)(H2,57,63,72)/t40-,41?,42?,43?,44?,45?/m1/s1. The van der Waals surface area contributed by atoms with E-state index in [0.717, 1.165) is 66.8 Å². The predicted molar refractivity (Wildman–Crippen MR) is 277 cm³/mol. The minimum Gasteiger partial charge on any atom is -0.334 e. The van der Waals surface area contributed by atoms with Crippen LogP contribution in [0.4, 0.5) is 28.8 Å². The van der Waals surface area contributed by atoms with Gasteiger partial charge in [-0.3, -0.25) is 0 Å². The third kappa shape index (κ3) is 12.2. The third-order valence-corrected chi connectivity index (χ3v) is 15.5. The van der Waals surface area contributed by atoms with Crippen molar-refractivity contribution in [3.05, 3.63) is 66.8 Å². The number of nitrogens with zero attached hydrogens (tertiary/aromatic N) is 3. The van der Waals surface area contributed by atoms with Crippen LogP contribution in [0.1, 0.15) is 108 Å². The molecule has 72 heavy (non-hydrogen) atoms. The van der Waals surface area contributed by atoms with E-state index in [2.05, 4.69) is 120 Å². The molecule has 6 atom stereocenters. The average Bonchev–Trinajstić information content (AvgIpc) is 3.99. The molecule has 3 saturated heterocycles. The van der Waals surface area contributed by atoms with Gasteiger partial charge < -0.3 is 78.5 Å². The van der Waals surface area contributed by atoms with E-state index in [1.807, 2.05) is 21.1 Å². The van der Waals surface area contributed by atoms with Crippen LogP contribution in [-0.2, 0) is 77.8 Å². The molecule has 3 fully saturated rings. The zero-order chi connectivity index (χ0) is 51.8. The summed E-state index contributed by atoms with van der Waals surface area (Å²) in [4.78, 5) is 90.3. The number of carbonyl (C=O) groups excluding carboxylic acids is 6. The molecule has 12 amide bonds. The smallest absolute Gasteiger partial charge is 0.315 e. The maximum atomic E-state index is 14.0. The molecule has 0 aromatic heterocycles. The Morgan fingerprint density at radius 1 is 0.292 bits per heavy atom. The molecule has 12 N–H and O–H groups in total. The molecule has 396 valence electrons. The number of rotatable bonds is 6. The van der Waals surface area contributed by atoms with Crippen LogP contribution in [-0.4, -0.2) is 148 Å². The molecule has 0 spiro atoms. The average molecular weight is 1000 g/mol. The summed E-state index contributed by atoms with van der Waals surface area (Å²) in [7, 11) is 5.86. The first kappa shape index (κ1) is 53.7. The molecule has 5 unspecified atom stereocenters. The summed E-state index contributed by atoms with van der Waals surface area (Å²) in [6.45, 7) is 16.5. The number of nitrogens with one attached hydrogen (secondary N) is 12. The van der Waals surface area contributed by atoms with E-state index in [1.54, 1.807) is 0 Å².